The minimum Gasteiger partial charge on any atom is -0.469 e. The third-order valence-electron chi connectivity index (χ3n) is 3.92. The predicted molar refractivity (Wildman–Crippen MR) is 93.8 cm³/mol. The number of nitrogens with zero attached hydrogens (tertiary/aromatic N) is 1. The molecule has 0 radical (unpaired) electrons. The summed E-state index contributed by atoms with van der Waals surface area (Å²) in [6, 6.07) is 10.0. The molecule has 0 bridgehead atoms. The minimum absolute atomic E-state index is 0.247. The number of benzene rings is 2. The van der Waals surface area contributed by atoms with Crippen LogP contribution in [-0.2, 0) is 22.1 Å². The van der Waals surface area contributed by atoms with Crippen LogP contribution >= 0.6 is 0 Å². The number of nitrogens with one attached hydrogen (secondary N) is 1. The molecule has 0 aromatic heterocycles. The lowest BCUT2D eigenvalue weighted by Crippen LogP contribution is -2.26. The van der Waals surface area contributed by atoms with Crippen molar-refractivity contribution < 1.29 is 27.1 Å². The van der Waals surface area contributed by atoms with Gasteiger partial charge in [0.15, 0.2) is 0 Å². The lowest BCUT2D eigenvalue weighted by molar-refractivity contribution is -0.143. The molecule has 0 saturated heterocycles. The quantitative estimate of drug-likeness (QED) is 0.342. The van der Waals surface area contributed by atoms with Crippen molar-refractivity contribution in [2.45, 2.75) is 19.5 Å². The molecule has 0 aliphatic heterocycles. The van der Waals surface area contributed by atoms with Crippen molar-refractivity contribution in [3.8, 4) is 0 Å². The monoisotopic (exact) mass is 382 g/mol. The molecule has 0 amide bonds. The van der Waals surface area contributed by atoms with Gasteiger partial charge in [-0.1, -0.05) is 12.1 Å². The van der Waals surface area contributed by atoms with E-state index in [4.69, 9.17) is 4.74 Å². The number of hydrogen-bond donors (Lipinski definition) is 1. The van der Waals surface area contributed by atoms with Gasteiger partial charge in [-0.15, -0.1) is 0 Å². The highest BCUT2D eigenvalue weighted by Crippen LogP contribution is 2.29. The first-order valence-electron chi connectivity index (χ1n) is 8.00. The van der Waals surface area contributed by atoms with Crippen LogP contribution in [0.15, 0.2) is 53.6 Å². The number of carbonyl (C=O) groups excluding carboxylic acids is 1. The van der Waals surface area contributed by atoms with Crippen molar-refractivity contribution in [1.29, 1.82) is 0 Å². The third-order valence-corrected chi connectivity index (χ3v) is 3.92. The lowest BCUT2D eigenvalue weighted by atomic mass is 9.95. The van der Waals surface area contributed by atoms with Crippen molar-refractivity contribution in [3.05, 3.63) is 65.5 Å². The topological polar surface area (TPSA) is 50.7 Å². The van der Waals surface area contributed by atoms with Gasteiger partial charge in [0.05, 0.1) is 18.4 Å². The zero-order chi connectivity index (χ0) is 20.0. The molecule has 1 unspecified atom stereocenters. The summed E-state index contributed by atoms with van der Waals surface area (Å²) in [6.45, 7) is 1.60. The van der Waals surface area contributed by atoms with Crippen molar-refractivity contribution >= 4 is 17.4 Å². The van der Waals surface area contributed by atoms with Crippen LogP contribution in [0.1, 0.15) is 18.1 Å². The van der Waals surface area contributed by atoms with Crippen LogP contribution in [0, 0.1) is 11.7 Å². The number of rotatable bonds is 6. The van der Waals surface area contributed by atoms with Crippen molar-refractivity contribution in [2.75, 3.05) is 12.5 Å². The van der Waals surface area contributed by atoms with Crippen molar-refractivity contribution in [3.63, 3.8) is 0 Å². The van der Waals surface area contributed by atoms with E-state index in [-0.39, 0.29) is 12.2 Å². The molecule has 0 spiro atoms. The molecule has 144 valence electrons. The number of esters is 1. The molecule has 27 heavy (non-hydrogen) atoms. The molecule has 4 nitrogen and oxygen atoms in total. The van der Waals surface area contributed by atoms with E-state index in [1.165, 1.54) is 31.4 Å². The van der Waals surface area contributed by atoms with Gasteiger partial charge in [0.1, 0.15) is 11.7 Å². The maximum atomic E-state index is 13.0. The van der Waals surface area contributed by atoms with Crippen LogP contribution in [0.25, 0.3) is 0 Å². The van der Waals surface area contributed by atoms with Gasteiger partial charge in [-0.3, -0.25) is 10.2 Å². The normalized spacial score (nSPS) is 13.2. The van der Waals surface area contributed by atoms with E-state index in [1.807, 2.05) is 0 Å². The van der Waals surface area contributed by atoms with E-state index in [0.29, 0.717) is 11.4 Å². The highest BCUT2D eigenvalue weighted by Gasteiger charge is 2.30. The molecule has 1 atom stereocenters. The zero-order valence-corrected chi connectivity index (χ0v) is 14.7. The summed E-state index contributed by atoms with van der Waals surface area (Å²) < 4.78 is 55.5. The van der Waals surface area contributed by atoms with Crippen LogP contribution in [0.5, 0.6) is 0 Å². The molecule has 2 rings (SSSR count). The van der Waals surface area contributed by atoms with E-state index >= 15 is 0 Å². The lowest BCUT2D eigenvalue weighted by Gasteiger charge is -2.15. The standard InChI is InChI=1S/C19H18F4N2O2/c1-12(24-25-16-9-5-14(6-10-16)19(21,22)23)17(18(26)27-2)11-13-3-7-15(20)8-4-13/h3-10,17,25H,11H2,1-2H3/b24-12+. The summed E-state index contributed by atoms with van der Waals surface area (Å²) in [6.07, 6.45) is -4.17. The number of hydrogen-bond acceptors (Lipinski definition) is 4. The SMILES string of the molecule is COC(=O)C(Cc1ccc(F)cc1)/C(C)=N/Nc1ccc(C(F)(F)F)cc1. The fraction of sp³-hybridized carbons (Fsp3) is 0.263. The third kappa shape index (κ3) is 5.80. The average molecular weight is 382 g/mol. The van der Waals surface area contributed by atoms with Crippen LogP contribution in [0.3, 0.4) is 0 Å². The van der Waals surface area contributed by atoms with E-state index < -0.39 is 23.6 Å². The van der Waals surface area contributed by atoms with Crippen molar-refractivity contribution in [2.24, 2.45) is 11.0 Å². The van der Waals surface area contributed by atoms with E-state index in [2.05, 4.69) is 10.5 Å². The first-order valence-corrected chi connectivity index (χ1v) is 8.00. The van der Waals surface area contributed by atoms with Gasteiger partial charge in [0.25, 0.3) is 0 Å². The Morgan fingerprint density at radius 3 is 2.22 bits per heavy atom. The molecular weight excluding hydrogens is 364 g/mol. The van der Waals surface area contributed by atoms with Crippen LogP contribution in [0.2, 0.25) is 0 Å². The van der Waals surface area contributed by atoms with Crippen LogP contribution in [-0.4, -0.2) is 18.8 Å². The molecule has 2 aromatic rings. The fourth-order valence-corrected chi connectivity index (χ4v) is 2.36. The molecule has 0 heterocycles. The fourth-order valence-electron chi connectivity index (χ4n) is 2.36. The second kappa shape index (κ2) is 8.66. The molecule has 0 saturated carbocycles. The van der Waals surface area contributed by atoms with Gasteiger partial charge < -0.3 is 4.74 Å². The molecular formula is C19H18F4N2O2. The Hall–Kier alpha value is -2.90. The van der Waals surface area contributed by atoms with Gasteiger partial charge in [0, 0.05) is 5.71 Å². The predicted octanol–water partition coefficient (Wildman–Crippen LogP) is 4.66. The number of halogens is 4. The van der Waals surface area contributed by atoms with Crippen LogP contribution in [0.4, 0.5) is 23.2 Å². The Labute approximate surface area is 153 Å². The highest BCUT2D eigenvalue weighted by atomic mass is 19.4. The zero-order valence-electron chi connectivity index (χ0n) is 14.7. The maximum Gasteiger partial charge on any atom is 0.416 e. The maximum absolute atomic E-state index is 13.0. The Bertz CT molecular complexity index is 800. The summed E-state index contributed by atoms with van der Waals surface area (Å²) in [7, 11) is 1.25. The number of methoxy groups -OCH3 is 1. The van der Waals surface area contributed by atoms with Gasteiger partial charge in [-0.2, -0.15) is 18.3 Å². The van der Waals surface area contributed by atoms with E-state index in [9.17, 15) is 22.4 Å². The van der Waals surface area contributed by atoms with Crippen molar-refractivity contribution in [1.82, 2.24) is 0 Å². The largest absolute Gasteiger partial charge is 0.469 e. The average Bonchev–Trinajstić information content (AvgIpc) is 2.64. The van der Waals surface area contributed by atoms with Gasteiger partial charge in [-0.25, -0.2) is 4.39 Å². The molecule has 8 heteroatoms. The molecule has 2 aromatic carbocycles. The highest BCUT2D eigenvalue weighted by molar-refractivity contribution is 6.01. The Morgan fingerprint density at radius 2 is 1.70 bits per heavy atom. The second-order valence-electron chi connectivity index (χ2n) is 5.85. The summed E-state index contributed by atoms with van der Waals surface area (Å²) >= 11 is 0. The Kier molecular flexibility index (Phi) is 6.55. The molecule has 0 aliphatic carbocycles. The summed E-state index contributed by atoms with van der Waals surface area (Å²) in [5.41, 5.74) is 3.30. The summed E-state index contributed by atoms with van der Waals surface area (Å²) in [4.78, 5) is 12.1. The molecule has 0 aliphatic rings. The second-order valence-corrected chi connectivity index (χ2v) is 5.85. The number of ether oxygens (including phenoxy) is 1. The number of carbonyl (C=O) groups is 1. The first kappa shape index (κ1) is 20.4. The smallest absolute Gasteiger partial charge is 0.416 e. The summed E-state index contributed by atoms with van der Waals surface area (Å²) in [5, 5.41) is 4.08. The number of anilines is 1. The number of alkyl halides is 3. The van der Waals surface area contributed by atoms with Crippen LogP contribution < -0.4 is 5.43 Å². The first-order chi connectivity index (χ1) is 12.7. The van der Waals surface area contributed by atoms with Gasteiger partial charge in [-0.05, 0) is 55.3 Å². The van der Waals surface area contributed by atoms with Gasteiger partial charge >= 0.3 is 12.1 Å². The van der Waals surface area contributed by atoms with Gasteiger partial charge in [0.2, 0.25) is 0 Å². The molecule has 1 N–H and O–H groups in total. The minimum atomic E-state index is -4.41. The van der Waals surface area contributed by atoms with E-state index in [1.54, 1.807) is 19.1 Å². The summed E-state index contributed by atoms with van der Waals surface area (Å²) in [5.74, 6) is -1.63. The Morgan fingerprint density at radius 1 is 1.11 bits per heavy atom. The Balaban J connectivity index is 2.13. The number of hydrazone groups is 1. The molecule has 0 fully saturated rings. The van der Waals surface area contributed by atoms with E-state index in [0.717, 1.165) is 17.7 Å².